The third-order valence-electron chi connectivity index (χ3n) is 3.78. The highest BCUT2D eigenvalue weighted by Gasteiger charge is 2.18. The number of nitrogens with two attached hydrogens (primary N) is 1. The molecular weight excluding hydrogens is 268 g/mol. The van der Waals surface area contributed by atoms with Gasteiger partial charge >= 0.3 is 0 Å². The third kappa shape index (κ3) is 1.65. The molecule has 0 spiro atoms. The van der Waals surface area contributed by atoms with E-state index < -0.39 is 0 Å². The molecule has 0 aliphatic carbocycles. The maximum atomic E-state index is 6.02. The van der Waals surface area contributed by atoms with E-state index in [1.165, 1.54) is 0 Å². The lowest BCUT2D eigenvalue weighted by atomic mass is 10.1. The minimum atomic E-state index is 0.251. The predicted octanol–water partition coefficient (Wildman–Crippen LogP) is 2.35. The summed E-state index contributed by atoms with van der Waals surface area (Å²) in [6.07, 6.45) is 1.76. The van der Waals surface area contributed by atoms with Crippen LogP contribution in [0.3, 0.4) is 0 Å². The molecule has 1 aliphatic rings. The lowest BCUT2D eigenvalue weighted by Crippen LogP contribution is -2.03. The highest BCUT2D eigenvalue weighted by atomic mass is 16.7. The Kier molecular flexibility index (Phi) is 2.35. The molecule has 3 aromatic rings. The topological polar surface area (TPSA) is 75.2 Å². The van der Waals surface area contributed by atoms with E-state index >= 15 is 0 Å². The SMILES string of the molecule is Cc1nn(-c2nccc3cc4c(cc23)OCO4)c(C)c1N. The minimum absolute atomic E-state index is 0.251. The van der Waals surface area contributed by atoms with E-state index in [2.05, 4.69) is 10.1 Å². The maximum Gasteiger partial charge on any atom is 0.231 e. The zero-order valence-electron chi connectivity index (χ0n) is 11.8. The third-order valence-corrected chi connectivity index (χ3v) is 3.78. The van der Waals surface area contributed by atoms with Crippen molar-refractivity contribution in [1.82, 2.24) is 14.8 Å². The molecule has 4 rings (SSSR count). The van der Waals surface area contributed by atoms with E-state index in [1.54, 1.807) is 10.9 Å². The van der Waals surface area contributed by atoms with E-state index in [0.717, 1.165) is 39.5 Å². The van der Waals surface area contributed by atoms with Crippen molar-refractivity contribution < 1.29 is 9.47 Å². The highest BCUT2D eigenvalue weighted by Crippen LogP contribution is 2.37. The van der Waals surface area contributed by atoms with Gasteiger partial charge in [0.2, 0.25) is 6.79 Å². The molecule has 0 atom stereocenters. The van der Waals surface area contributed by atoms with Crippen molar-refractivity contribution in [3.63, 3.8) is 0 Å². The monoisotopic (exact) mass is 282 g/mol. The number of anilines is 1. The number of hydrogen-bond donors (Lipinski definition) is 1. The summed E-state index contributed by atoms with van der Waals surface area (Å²) in [5.41, 5.74) is 8.39. The van der Waals surface area contributed by atoms with Gasteiger partial charge in [-0.25, -0.2) is 9.67 Å². The van der Waals surface area contributed by atoms with Crippen molar-refractivity contribution in [3.8, 4) is 17.3 Å². The molecule has 0 fully saturated rings. The van der Waals surface area contributed by atoms with Gasteiger partial charge in [-0.3, -0.25) is 0 Å². The van der Waals surface area contributed by atoms with Crippen molar-refractivity contribution in [2.24, 2.45) is 0 Å². The molecule has 0 unspecified atom stereocenters. The van der Waals surface area contributed by atoms with Crippen molar-refractivity contribution in [1.29, 1.82) is 0 Å². The Morgan fingerprint density at radius 1 is 1.19 bits per heavy atom. The Bertz CT molecular complexity index is 870. The zero-order valence-corrected chi connectivity index (χ0v) is 11.8. The fraction of sp³-hybridized carbons (Fsp3) is 0.200. The summed E-state index contributed by atoms with van der Waals surface area (Å²) in [4.78, 5) is 4.47. The second kappa shape index (κ2) is 4.12. The van der Waals surface area contributed by atoms with Crippen LogP contribution >= 0.6 is 0 Å². The van der Waals surface area contributed by atoms with Crippen LogP contribution in [0.15, 0.2) is 24.4 Å². The maximum absolute atomic E-state index is 6.02. The van der Waals surface area contributed by atoms with Crippen LogP contribution in [0.25, 0.3) is 16.6 Å². The van der Waals surface area contributed by atoms with E-state index in [1.807, 2.05) is 32.0 Å². The van der Waals surface area contributed by atoms with E-state index in [-0.39, 0.29) is 6.79 Å². The Balaban J connectivity index is 2.02. The number of fused-ring (bicyclic) bond motifs is 2. The Morgan fingerprint density at radius 3 is 2.67 bits per heavy atom. The zero-order chi connectivity index (χ0) is 14.6. The largest absolute Gasteiger partial charge is 0.454 e. The van der Waals surface area contributed by atoms with Crippen molar-refractivity contribution in [2.45, 2.75) is 13.8 Å². The molecule has 0 saturated carbocycles. The number of rotatable bonds is 1. The molecule has 1 aliphatic heterocycles. The van der Waals surface area contributed by atoms with Crippen molar-refractivity contribution in [2.75, 3.05) is 12.5 Å². The van der Waals surface area contributed by atoms with E-state index in [4.69, 9.17) is 15.2 Å². The number of benzene rings is 1. The number of aryl methyl sites for hydroxylation is 1. The molecule has 1 aromatic carbocycles. The molecule has 2 aromatic heterocycles. The molecule has 21 heavy (non-hydrogen) atoms. The molecule has 2 N–H and O–H groups in total. The highest BCUT2D eigenvalue weighted by molar-refractivity contribution is 5.91. The molecule has 3 heterocycles. The van der Waals surface area contributed by atoms with Gasteiger partial charge in [-0.05, 0) is 37.4 Å². The van der Waals surface area contributed by atoms with Crippen LogP contribution in [0, 0.1) is 13.8 Å². The van der Waals surface area contributed by atoms with Crippen LogP contribution in [0.2, 0.25) is 0 Å². The predicted molar refractivity (Wildman–Crippen MR) is 78.9 cm³/mol. The van der Waals surface area contributed by atoms with Crippen molar-refractivity contribution in [3.05, 3.63) is 35.8 Å². The Hall–Kier alpha value is -2.76. The number of aromatic nitrogens is 3. The van der Waals surface area contributed by atoms with E-state index in [9.17, 15) is 0 Å². The first-order valence-corrected chi connectivity index (χ1v) is 6.65. The van der Waals surface area contributed by atoms with Crippen LogP contribution in [-0.2, 0) is 0 Å². The van der Waals surface area contributed by atoms with Gasteiger partial charge in [0.15, 0.2) is 17.3 Å². The number of pyridine rings is 1. The first kappa shape index (κ1) is 12.0. The van der Waals surface area contributed by atoms with Crippen LogP contribution in [0.5, 0.6) is 11.5 Å². The molecule has 0 saturated heterocycles. The summed E-state index contributed by atoms with van der Waals surface area (Å²) in [7, 11) is 0. The normalized spacial score (nSPS) is 13.0. The smallest absolute Gasteiger partial charge is 0.231 e. The summed E-state index contributed by atoms with van der Waals surface area (Å²) in [5.74, 6) is 2.22. The average Bonchev–Trinajstić information content (AvgIpc) is 3.04. The number of ether oxygens (including phenoxy) is 2. The van der Waals surface area contributed by atoms with Gasteiger partial charge in [0, 0.05) is 11.6 Å². The Labute approximate surface area is 121 Å². The Morgan fingerprint density at radius 2 is 1.95 bits per heavy atom. The summed E-state index contributed by atoms with van der Waals surface area (Å²) in [5, 5.41) is 6.46. The van der Waals surface area contributed by atoms with Gasteiger partial charge in [-0.15, -0.1) is 0 Å². The first-order valence-electron chi connectivity index (χ1n) is 6.65. The van der Waals surface area contributed by atoms with Gasteiger partial charge in [-0.2, -0.15) is 5.10 Å². The van der Waals surface area contributed by atoms with Crippen LogP contribution in [0.4, 0.5) is 5.69 Å². The fourth-order valence-corrected chi connectivity index (χ4v) is 2.58. The number of hydrogen-bond acceptors (Lipinski definition) is 5. The van der Waals surface area contributed by atoms with Gasteiger partial charge in [0.25, 0.3) is 0 Å². The second-order valence-corrected chi connectivity index (χ2v) is 5.06. The van der Waals surface area contributed by atoms with Crippen LogP contribution in [-0.4, -0.2) is 21.6 Å². The van der Waals surface area contributed by atoms with Gasteiger partial charge < -0.3 is 15.2 Å². The van der Waals surface area contributed by atoms with Crippen molar-refractivity contribution >= 4 is 16.5 Å². The van der Waals surface area contributed by atoms with Gasteiger partial charge in [0.1, 0.15) is 0 Å². The quantitative estimate of drug-likeness (QED) is 0.741. The molecule has 6 nitrogen and oxygen atoms in total. The first-order chi connectivity index (χ1) is 10.1. The fourth-order valence-electron chi connectivity index (χ4n) is 2.58. The lowest BCUT2D eigenvalue weighted by molar-refractivity contribution is 0.174. The van der Waals surface area contributed by atoms with Crippen LogP contribution < -0.4 is 15.2 Å². The number of nitrogen functional groups attached to an aromatic ring is 1. The summed E-state index contributed by atoms with van der Waals surface area (Å²) in [6, 6.07) is 5.83. The minimum Gasteiger partial charge on any atom is -0.454 e. The van der Waals surface area contributed by atoms with E-state index in [0.29, 0.717) is 5.69 Å². The van der Waals surface area contributed by atoms with Crippen LogP contribution in [0.1, 0.15) is 11.4 Å². The lowest BCUT2D eigenvalue weighted by Gasteiger charge is -2.08. The molecule has 0 radical (unpaired) electrons. The van der Waals surface area contributed by atoms with Gasteiger partial charge in [0.05, 0.1) is 17.1 Å². The molecular formula is C15H14N4O2. The summed E-state index contributed by atoms with van der Waals surface area (Å²) in [6.45, 7) is 4.07. The molecule has 0 amide bonds. The number of nitrogens with zero attached hydrogens (tertiary/aromatic N) is 3. The molecule has 0 bridgehead atoms. The second-order valence-electron chi connectivity index (χ2n) is 5.06. The summed E-state index contributed by atoms with van der Waals surface area (Å²) < 4.78 is 12.6. The van der Waals surface area contributed by atoms with Gasteiger partial charge in [-0.1, -0.05) is 0 Å². The average molecular weight is 282 g/mol. The summed E-state index contributed by atoms with van der Waals surface area (Å²) >= 11 is 0. The molecule has 106 valence electrons. The molecule has 6 heteroatoms. The standard InChI is InChI=1S/C15H14N4O2/c1-8-14(16)9(2)19(18-8)15-11-6-13-12(20-7-21-13)5-10(11)3-4-17-15/h3-6H,7,16H2,1-2H3.